The first-order chi connectivity index (χ1) is 7.84. The van der Waals surface area contributed by atoms with Crippen LogP contribution < -0.4 is 0 Å². The second-order valence-corrected chi connectivity index (χ2v) is 4.63. The van der Waals surface area contributed by atoms with Crippen LogP contribution in [0.2, 0.25) is 0 Å². The molecule has 1 nitrogen and oxygen atoms in total. The molecule has 0 amide bonds. The summed E-state index contributed by atoms with van der Waals surface area (Å²) in [7, 11) is 0. The van der Waals surface area contributed by atoms with Crippen LogP contribution >= 0.6 is 0 Å². The number of hydrogen-bond donors (Lipinski definition) is 0. The van der Waals surface area contributed by atoms with Gasteiger partial charge in [-0.2, -0.15) is 0 Å². The Morgan fingerprint density at radius 3 is 2.56 bits per heavy atom. The molecule has 1 fully saturated rings. The second kappa shape index (κ2) is 5.72. The van der Waals surface area contributed by atoms with E-state index in [0.29, 0.717) is 0 Å². The van der Waals surface area contributed by atoms with Crippen LogP contribution in [0.3, 0.4) is 0 Å². The molecule has 0 saturated carbocycles. The summed E-state index contributed by atoms with van der Waals surface area (Å²) in [6.45, 7) is 5.68. The molecule has 0 aliphatic carbocycles. The largest absolute Gasteiger partial charge is 0.292 e. The molecule has 16 heavy (non-hydrogen) atoms. The Labute approximate surface area is 98.5 Å². The summed E-state index contributed by atoms with van der Waals surface area (Å²) in [5.74, 6) is 7.37. The lowest BCUT2D eigenvalue weighted by Crippen LogP contribution is -2.33. The lowest BCUT2D eigenvalue weighted by atomic mass is 9.99. The van der Waals surface area contributed by atoms with Gasteiger partial charge in [0.05, 0.1) is 6.54 Å². The highest BCUT2D eigenvalue weighted by Gasteiger charge is 2.13. The molecule has 0 atom stereocenters. The Kier molecular flexibility index (Phi) is 4.02. The molecule has 0 radical (unpaired) electrons. The quantitative estimate of drug-likeness (QED) is 0.648. The van der Waals surface area contributed by atoms with E-state index in [-0.39, 0.29) is 0 Å². The fourth-order valence-corrected chi connectivity index (χ4v) is 2.00. The maximum atomic E-state index is 3.26. The Bertz CT molecular complexity index is 363. The molecule has 1 aliphatic heterocycles. The van der Waals surface area contributed by atoms with Crippen LogP contribution in [-0.4, -0.2) is 24.5 Å². The summed E-state index contributed by atoms with van der Waals surface area (Å²) in [4.78, 5) is 2.45. The molecule has 2 rings (SSSR count). The van der Waals surface area contributed by atoms with Crippen molar-refractivity contribution < 1.29 is 0 Å². The van der Waals surface area contributed by atoms with E-state index in [4.69, 9.17) is 0 Å². The van der Waals surface area contributed by atoms with Crippen molar-refractivity contribution in [3.8, 4) is 11.8 Å². The molecule has 1 heterocycles. The highest BCUT2D eigenvalue weighted by Crippen LogP contribution is 2.15. The first-order valence-electron chi connectivity index (χ1n) is 6.11. The Morgan fingerprint density at radius 2 is 1.88 bits per heavy atom. The Balaban J connectivity index is 1.82. The van der Waals surface area contributed by atoms with Crippen LogP contribution in [0.5, 0.6) is 0 Å². The normalized spacial score (nSPS) is 17.8. The Hall–Kier alpha value is -1.26. The van der Waals surface area contributed by atoms with E-state index < -0.39 is 0 Å². The van der Waals surface area contributed by atoms with E-state index in [9.17, 15) is 0 Å². The number of hydrogen-bond acceptors (Lipinski definition) is 1. The summed E-state index contributed by atoms with van der Waals surface area (Å²) in [6, 6.07) is 10.2. The van der Waals surface area contributed by atoms with Crippen molar-refractivity contribution in [1.29, 1.82) is 0 Å². The minimum atomic E-state index is 0.901. The van der Waals surface area contributed by atoms with Crippen LogP contribution in [0.15, 0.2) is 30.3 Å². The SMILES string of the molecule is CC1CCN(CC#Cc2ccccc2)CC1. The van der Waals surface area contributed by atoms with Crippen LogP contribution in [0.25, 0.3) is 0 Å². The smallest absolute Gasteiger partial charge is 0.0605 e. The second-order valence-electron chi connectivity index (χ2n) is 4.63. The first kappa shape index (κ1) is 11.2. The van der Waals surface area contributed by atoms with Crippen LogP contribution in [0, 0.1) is 17.8 Å². The predicted octanol–water partition coefficient (Wildman–Crippen LogP) is 2.77. The van der Waals surface area contributed by atoms with Crippen molar-refractivity contribution in [2.24, 2.45) is 5.92 Å². The molecule has 0 bridgehead atoms. The molecule has 1 aromatic rings. The molecule has 0 unspecified atom stereocenters. The van der Waals surface area contributed by atoms with Gasteiger partial charge >= 0.3 is 0 Å². The fraction of sp³-hybridized carbons (Fsp3) is 0.467. The summed E-state index contributed by atoms with van der Waals surface area (Å²) in [5.41, 5.74) is 1.12. The lowest BCUT2D eigenvalue weighted by molar-refractivity contribution is 0.213. The van der Waals surface area contributed by atoms with E-state index in [1.165, 1.54) is 25.9 Å². The third-order valence-corrected chi connectivity index (χ3v) is 3.19. The van der Waals surface area contributed by atoms with E-state index in [1.54, 1.807) is 0 Å². The summed E-state index contributed by atoms with van der Waals surface area (Å²) in [5, 5.41) is 0. The standard InChI is InChI=1S/C15H19N/c1-14-9-12-16(13-10-14)11-5-8-15-6-3-2-4-7-15/h2-4,6-7,14H,9-13H2,1H3. The minimum Gasteiger partial charge on any atom is -0.292 e. The summed E-state index contributed by atoms with van der Waals surface area (Å²) >= 11 is 0. The van der Waals surface area contributed by atoms with Crippen molar-refractivity contribution in [1.82, 2.24) is 4.90 Å². The monoisotopic (exact) mass is 213 g/mol. The van der Waals surface area contributed by atoms with Gasteiger partial charge in [0.25, 0.3) is 0 Å². The van der Waals surface area contributed by atoms with Crippen molar-refractivity contribution in [2.75, 3.05) is 19.6 Å². The van der Waals surface area contributed by atoms with Gasteiger partial charge in [-0.1, -0.05) is 37.0 Å². The molecule has 84 valence electrons. The minimum absolute atomic E-state index is 0.901. The topological polar surface area (TPSA) is 3.24 Å². The number of likely N-dealkylation sites (tertiary alicyclic amines) is 1. The number of nitrogens with zero attached hydrogens (tertiary/aromatic N) is 1. The molecule has 1 aliphatic rings. The maximum Gasteiger partial charge on any atom is 0.0605 e. The van der Waals surface area contributed by atoms with Crippen LogP contribution in [0.1, 0.15) is 25.3 Å². The average molecular weight is 213 g/mol. The molecule has 0 N–H and O–H groups in total. The summed E-state index contributed by atoms with van der Waals surface area (Å²) in [6.07, 6.45) is 2.65. The Morgan fingerprint density at radius 1 is 1.19 bits per heavy atom. The zero-order valence-electron chi connectivity index (χ0n) is 9.95. The molecular weight excluding hydrogens is 194 g/mol. The molecule has 1 heteroatoms. The van der Waals surface area contributed by atoms with E-state index in [1.807, 2.05) is 18.2 Å². The number of rotatable bonds is 1. The maximum absolute atomic E-state index is 3.26. The zero-order valence-corrected chi connectivity index (χ0v) is 9.95. The molecule has 0 aromatic heterocycles. The predicted molar refractivity (Wildman–Crippen MR) is 68.2 cm³/mol. The lowest BCUT2D eigenvalue weighted by Gasteiger charge is -2.28. The van der Waals surface area contributed by atoms with Gasteiger partial charge in [-0.05, 0) is 44.0 Å². The third-order valence-electron chi connectivity index (χ3n) is 3.19. The van der Waals surface area contributed by atoms with Gasteiger partial charge < -0.3 is 0 Å². The number of benzene rings is 1. The molecule has 1 saturated heterocycles. The fourth-order valence-electron chi connectivity index (χ4n) is 2.00. The highest BCUT2D eigenvalue weighted by molar-refractivity contribution is 5.33. The van der Waals surface area contributed by atoms with Gasteiger partial charge in [0.2, 0.25) is 0 Å². The van der Waals surface area contributed by atoms with Gasteiger partial charge in [-0.25, -0.2) is 0 Å². The summed E-state index contributed by atoms with van der Waals surface area (Å²) < 4.78 is 0. The van der Waals surface area contributed by atoms with Gasteiger partial charge in [0.15, 0.2) is 0 Å². The van der Waals surface area contributed by atoms with E-state index >= 15 is 0 Å². The van der Waals surface area contributed by atoms with Gasteiger partial charge in [-0.3, -0.25) is 4.90 Å². The third kappa shape index (κ3) is 3.40. The van der Waals surface area contributed by atoms with Crippen LogP contribution in [0.4, 0.5) is 0 Å². The van der Waals surface area contributed by atoms with Gasteiger partial charge in [0.1, 0.15) is 0 Å². The first-order valence-corrected chi connectivity index (χ1v) is 6.11. The van der Waals surface area contributed by atoms with E-state index in [2.05, 4.69) is 35.8 Å². The van der Waals surface area contributed by atoms with Gasteiger partial charge in [0, 0.05) is 5.56 Å². The highest BCUT2D eigenvalue weighted by atomic mass is 15.1. The van der Waals surface area contributed by atoms with Crippen molar-refractivity contribution in [3.05, 3.63) is 35.9 Å². The average Bonchev–Trinajstić information content (AvgIpc) is 2.33. The zero-order chi connectivity index (χ0) is 11.2. The van der Waals surface area contributed by atoms with E-state index in [0.717, 1.165) is 18.0 Å². The molecule has 0 spiro atoms. The van der Waals surface area contributed by atoms with Crippen molar-refractivity contribution >= 4 is 0 Å². The van der Waals surface area contributed by atoms with Crippen molar-refractivity contribution in [3.63, 3.8) is 0 Å². The van der Waals surface area contributed by atoms with Crippen LogP contribution in [-0.2, 0) is 0 Å². The van der Waals surface area contributed by atoms with Gasteiger partial charge in [-0.15, -0.1) is 0 Å². The molecule has 1 aromatic carbocycles. The number of piperidine rings is 1. The molecular formula is C15H19N. The van der Waals surface area contributed by atoms with Crippen molar-refractivity contribution in [2.45, 2.75) is 19.8 Å².